The van der Waals surface area contributed by atoms with Gasteiger partial charge >= 0.3 is 11.9 Å². The number of ketones is 1. The third-order valence-corrected chi connectivity index (χ3v) is 13.5. The second-order valence-corrected chi connectivity index (χ2v) is 15.6. The van der Waals surface area contributed by atoms with E-state index in [1.807, 2.05) is 13.0 Å². The SMILES string of the molecule is CC1(C)[C@@H](OC(=O)CN)CC[C@]2(C)[C@H]3C(=O)C=C4[C@@H]5C[C@@](C)(C(=O)O)CC[C@]5(C)CC[C@@]4(C)[C@]3(C)CC[C@@H]12.Cl. The molecule has 0 spiro atoms. The molecule has 0 unspecified atom stereocenters. The summed E-state index contributed by atoms with van der Waals surface area (Å²) in [5.74, 6) is -0.517. The van der Waals surface area contributed by atoms with Crippen molar-refractivity contribution in [1.82, 2.24) is 0 Å². The van der Waals surface area contributed by atoms with Gasteiger partial charge in [-0.3, -0.25) is 14.4 Å². The summed E-state index contributed by atoms with van der Waals surface area (Å²) >= 11 is 0. The highest BCUT2D eigenvalue weighted by molar-refractivity contribution is 5.95. The number of carboxylic acids is 1. The van der Waals surface area contributed by atoms with Crippen molar-refractivity contribution >= 4 is 30.1 Å². The van der Waals surface area contributed by atoms with Crippen LogP contribution >= 0.6 is 12.4 Å². The number of rotatable bonds is 3. The molecule has 9 atom stereocenters. The Labute approximate surface area is 240 Å². The van der Waals surface area contributed by atoms with Gasteiger partial charge in [0.05, 0.1) is 12.0 Å². The van der Waals surface area contributed by atoms with Crippen molar-refractivity contribution in [3.8, 4) is 0 Å². The quantitative estimate of drug-likeness (QED) is 0.388. The third kappa shape index (κ3) is 4.00. The molecule has 6 nitrogen and oxygen atoms in total. The van der Waals surface area contributed by atoms with Crippen molar-refractivity contribution in [2.24, 2.45) is 56.0 Å². The number of allylic oxidation sites excluding steroid dienone is 2. The van der Waals surface area contributed by atoms with E-state index in [1.165, 1.54) is 5.57 Å². The van der Waals surface area contributed by atoms with E-state index in [-0.39, 0.29) is 81.6 Å². The van der Waals surface area contributed by atoms with Gasteiger partial charge in [0, 0.05) is 11.3 Å². The van der Waals surface area contributed by atoms with E-state index in [9.17, 15) is 19.5 Å². The lowest BCUT2D eigenvalue weighted by Gasteiger charge is -2.70. The molecule has 0 aromatic carbocycles. The first-order valence-electron chi connectivity index (χ1n) is 14.9. The number of carbonyl (C=O) groups is 3. The Hall–Kier alpha value is -1.40. The van der Waals surface area contributed by atoms with Crippen molar-refractivity contribution in [3.63, 3.8) is 0 Å². The number of esters is 1. The van der Waals surface area contributed by atoms with Crippen molar-refractivity contribution in [2.75, 3.05) is 6.54 Å². The van der Waals surface area contributed by atoms with Crippen LogP contribution in [0.25, 0.3) is 0 Å². The average molecular weight is 564 g/mol. The fourth-order valence-corrected chi connectivity index (χ4v) is 10.8. The van der Waals surface area contributed by atoms with Crippen LogP contribution in [0.15, 0.2) is 11.6 Å². The minimum absolute atomic E-state index is 0. The molecule has 0 heterocycles. The molecule has 220 valence electrons. The highest BCUT2D eigenvalue weighted by Crippen LogP contribution is 2.75. The number of hydrogen-bond donors (Lipinski definition) is 2. The molecule has 3 N–H and O–H groups in total. The first kappa shape index (κ1) is 30.6. The number of hydrogen-bond acceptors (Lipinski definition) is 5. The van der Waals surface area contributed by atoms with Gasteiger partial charge in [0.2, 0.25) is 0 Å². The first-order chi connectivity index (χ1) is 17.5. The summed E-state index contributed by atoms with van der Waals surface area (Å²) in [4.78, 5) is 38.8. The average Bonchev–Trinajstić information content (AvgIpc) is 2.83. The zero-order chi connectivity index (χ0) is 28.1. The molecule has 4 fully saturated rings. The van der Waals surface area contributed by atoms with Crippen LogP contribution in [0.1, 0.15) is 106 Å². The minimum Gasteiger partial charge on any atom is -0.481 e. The van der Waals surface area contributed by atoms with Crippen molar-refractivity contribution in [2.45, 2.75) is 112 Å². The van der Waals surface area contributed by atoms with Crippen LogP contribution in [-0.4, -0.2) is 35.5 Å². The van der Waals surface area contributed by atoms with Crippen LogP contribution in [0, 0.1) is 50.2 Å². The van der Waals surface area contributed by atoms with E-state index in [0.717, 1.165) is 44.9 Å². The summed E-state index contributed by atoms with van der Waals surface area (Å²) in [5, 5.41) is 10.1. The minimum atomic E-state index is -0.739. The van der Waals surface area contributed by atoms with Crippen molar-refractivity contribution in [3.05, 3.63) is 11.6 Å². The van der Waals surface area contributed by atoms with Gasteiger partial charge in [-0.25, -0.2) is 0 Å². The number of aliphatic carboxylic acids is 1. The third-order valence-electron chi connectivity index (χ3n) is 13.5. The van der Waals surface area contributed by atoms with Crippen LogP contribution < -0.4 is 5.73 Å². The zero-order valence-electron chi connectivity index (χ0n) is 25.0. The van der Waals surface area contributed by atoms with E-state index < -0.39 is 11.4 Å². The molecular weight excluding hydrogens is 514 g/mol. The normalized spacial score (nSPS) is 48.2. The number of carbonyl (C=O) groups excluding carboxylic acids is 2. The topological polar surface area (TPSA) is 107 Å². The van der Waals surface area contributed by atoms with Gasteiger partial charge in [-0.05, 0) is 104 Å². The maximum Gasteiger partial charge on any atom is 0.319 e. The van der Waals surface area contributed by atoms with E-state index in [1.54, 1.807) is 0 Å². The lowest BCUT2D eigenvalue weighted by atomic mass is 9.33. The predicted molar refractivity (Wildman–Crippen MR) is 153 cm³/mol. The van der Waals surface area contributed by atoms with Gasteiger partial charge in [0.1, 0.15) is 6.10 Å². The van der Waals surface area contributed by atoms with Gasteiger partial charge in [0.15, 0.2) is 5.78 Å². The van der Waals surface area contributed by atoms with Crippen LogP contribution in [0.3, 0.4) is 0 Å². The summed E-state index contributed by atoms with van der Waals surface area (Å²) in [5.41, 5.74) is 5.37. The second kappa shape index (κ2) is 9.31. The molecule has 5 rings (SSSR count). The molecule has 5 aliphatic carbocycles. The molecule has 0 amide bonds. The molecule has 0 radical (unpaired) electrons. The van der Waals surface area contributed by atoms with Crippen LogP contribution in [0.2, 0.25) is 0 Å². The molecule has 0 aliphatic heterocycles. The lowest BCUT2D eigenvalue weighted by Crippen LogP contribution is -2.66. The van der Waals surface area contributed by atoms with Gasteiger partial charge in [-0.2, -0.15) is 0 Å². The molecule has 0 bridgehead atoms. The number of ether oxygens (including phenoxy) is 1. The Morgan fingerprint density at radius 3 is 2.23 bits per heavy atom. The van der Waals surface area contributed by atoms with E-state index in [2.05, 4.69) is 41.5 Å². The molecule has 39 heavy (non-hydrogen) atoms. The summed E-state index contributed by atoms with van der Waals surface area (Å²) in [6, 6.07) is 0. The number of fused-ring (bicyclic) bond motifs is 7. The molecule has 4 saturated carbocycles. The predicted octanol–water partition coefficient (Wildman–Crippen LogP) is 6.34. The molecule has 5 aliphatic rings. The Morgan fingerprint density at radius 1 is 0.974 bits per heavy atom. The Kier molecular flexibility index (Phi) is 7.29. The van der Waals surface area contributed by atoms with Gasteiger partial charge in [0.25, 0.3) is 0 Å². The lowest BCUT2D eigenvalue weighted by molar-refractivity contribution is -0.210. The largest absolute Gasteiger partial charge is 0.481 e. The molecule has 0 aromatic heterocycles. The second-order valence-electron chi connectivity index (χ2n) is 15.6. The zero-order valence-corrected chi connectivity index (χ0v) is 25.8. The van der Waals surface area contributed by atoms with E-state index in [4.69, 9.17) is 10.5 Å². The summed E-state index contributed by atoms with van der Waals surface area (Å²) in [7, 11) is 0. The first-order valence-corrected chi connectivity index (χ1v) is 14.9. The standard InChI is InChI=1S/C32H49NO5.ClH/c1-27(2)22-8-11-32(7)25(30(22,5)10-9-23(27)38-24(35)18-33)21(34)16-19-20-17-29(4,26(36)37)13-12-28(20,3)14-15-31(19,32)6;/h16,20,22-23,25H,8-15,17-18,33H2,1-7H3,(H,36,37);1H/t20-,22-,23-,25+,28+,29-,30-,31+,32+;/m0./s1. The Balaban J connectivity index is 0.00000353. The molecule has 0 aromatic rings. The number of halogens is 1. The highest BCUT2D eigenvalue weighted by Gasteiger charge is 2.70. The summed E-state index contributed by atoms with van der Waals surface area (Å²) in [6.45, 7) is 15.7. The van der Waals surface area contributed by atoms with Crippen molar-refractivity contribution < 1.29 is 24.2 Å². The molecular formula is C32H50ClNO5. The van der Waals surface area contributed by atoms with Gasteiger partial charge in [-0.15, -0.1) is 12.4 Å². The van der Waals surface area contributed by atoms with Gasteiger partial charge < -0.3 is 15.6 Å². The van der Waals surface area contributed by atoms with E-state index in [0.29, 0.717) is 12.8 Å². The smallest absolute Gasteiger partial charge is 0.319 e. The van der Waals surface area contributed by atoms with E-state index >= 15 is 0 Å². The van der Waals surface area contributed by atoms with Gasteiger partial charge in [-0.1, -0.05) is 47.1 Å². The Bertz CT molecular complexity index is 1100. The monoisotopic (exact) mass is 563 g/mol. The summed E-state index contributed by atoms with van der Waals surface area (Å²) < 4.78 is 5.84. The van der Waals surface area contributed by atoms with Crippen LogP contribution in [0.5, 0.6) is 0 Å². The fraction of sp³-hybridized carbons (Fsp3) is 0.844. The van der Waals surface area contributed by atoms with Crippen molar-refractivity contribution in [1.29, 1.82) is 0 Å². The maximum absolute atomic E-state index is 14.4. The highest BCUT2D eigenvalue weighted by atomic mass is 35.5. The molecule has 0 saturated heterocycles. The van der Waals surface area contributed by atoms with Crippen LogP contribution in [-0.2, 0) is 19.1 Å². The number of carboxylic acid groups (broad SMARTS) is 1. The summed E-state index contributed by atoms with van der Waals surface area (Å²) in [6.07, 6.45) is 9.74. The fourth-order valence-electron chi connectivity index (χ4n) is 10.8. The Morgan fingerprint density at radius 2 is 1.62 bits per heavy atom. The number of nitrogens with two attached hydrogens (primary N) is 1. The molecule has 7 heteroatoms. The maximum atomic E-state index is 14.4. The van der Waals surface area contributed by atoms with Crippen LogP contribution in [0.4, 0.5) is 0 Å².